The van der Waals surface area contributed by atoms with Crippen LogP contribution in [0.15, 0.2) is 34.9 Å². The van der Waals surface area contributed by atoms with E-state index in [-0.39, 0.29) is 10.8 Å². The maximum Gasteiger partial charge on any atom is 0.167 e. The van der Waals surface area contributed by atoms with Crippen LogP contribution in [-0.2, 0) is 0 Å². The number of hydrogen-bond acceptors (Lipinski definition) is 2. The third-order valence-electron chi connectivity index (χ3n) is 2.11. The highest BCUT2D eigenvalue weighted by Crippen LogP contribution is 2.24. The van der Waals surface area contributed by atoms with E-state index >= 15 is 0 Å². The number of aromatic nitrogens is 1. The van der Waals surface area contributed by atoms with Crippen LogP contribution in [0.25, 0.3) is 0 Å². The van der Waals surface area contributed by atoms with E-state index in [9.17, 15) is 4.39 Å². The van der Waals surface area contributed by atoms with Crippen molar-refractivity contribution >= 4 is 39.0 Å². The maximum absolute atomic E-state index is 13.5. The minimum absolute atomic E-state index is 0.159. The third kappa shape index (κ3) is 3.17. The van der Waals surface area contributed by atoms with Crippen molar-refractivity contribution in [1.29, 1.82) is 0 Å². The normalized spacial score (nSPS) is 10.4. The summed E-state index contributed by atoms with van der Waals surface area (Å²) in [5, 5.41) is 3.18. The Morgan fingerprint density at radius 3 is 2.71 bits per heavy atom. The molecule has 0 saturated carbocycles. The van der Waals surface area contributed by atoms with Crippen molar-refractivity contribution in [1.82, 2.24) is 4.98 Å². The van der Waals surface area contributed by atoms with Crippen LogP contribution < -0.4 is 5.32 Å². The molecule has 0 aliphatic carbocycles. The molecule has 2 rings (SSSR count). The largest absolute Gasteiger partial charge is 0.338 e. The highest BCUT2D eigenvalue weighted by molar-refractivity contribution is 9.10. The molecule has 0 atom stereocenters. The van der Waals surface area contributed by atoms with Crippen LogP contribution in [0.1, 0.15) is 5.56 Å². The molecule has 88 valence electrons. The fraction of sp³-hybridized carbons (Fsp3) is 0.0833. The van der Waals surface area contributed by atoms with Gasteiger partial charge in [-0.15, -0.1) is 0 Å². The molecule has 0 radical (unpaired) electrons. The number of benzene rings is 1. The predicted molar refractivity (Wildman–Crippen MR) is 71.4 cm³/mol. The fourth-order valence-electron chi connectivity index (χ4n) is 1.45. The first-order valence-corrected chi connectivity index (χ1v) is 6.07. The van der Waals surface area contributed by atoms with E-state index in [1.54, 1.807) is 0 Å². The molecule has 0 aliphatic heterocycles. The first-order chi connectivity index (χ1) is 8.04. The van der Waals surface area contributed by atoms with E-state index < -0.39 is 5.82 Å². The van der Waals surface area contributed by atoms with Gasteiger partial charge in [-0.25, -0.2) is 9.37 Å². The summed E-state index contributed by atoms with van der Waals surface area (Å²) >= 11 is 9.01. The van der Waals surface area contributed by atoms with E-state index in [2.05, 4.69) is 26.2 Å². The summed E-state index contributed by atoms with van der Waals surface area (Å²) < 4.78 is 14.4. The Bertz CT molecular complexity index is 540. The molecule has 1 N–H and O–H groups in total. The van der Waals surface area contributed by atoms with Crippen molar-refractivity contribution < 1.29 is 4.39 Å². The molecule has 1 heterocycles. The molecule has 1 aromatic carbocycles. The zero-order chi connectivity index (χ0) is 12.4. The van der Waals surface area contributed by atoms with Gasteiger partial charge in [0.2, 0.25) is 0 Å². The zero-order valence-electron chi connectivity index (χ0n) is 8.97. The SMILES string of the molecule is Cc1cc(Br)cc(Nc2ncc(Cl)cc2F)c1. The second-order valence-electron chi connectivity index (χ2n) is 3.63. The Kier molecular flexibility index (Phi) is 3.64. The third-order valence-corrected chi connectivity index (χ3v) is 2.78. The van der Waals surface area contributed by atoms with Crippen molar-refractivity contribution in [3.8, 4) is 0 Å². The summed E-state index contributed by atoms with van der Waals surface area (Å²) in [6.07, 6.45) is 1.40. The first-order valence-electron chi connectivity index (χ1n) is 4.90. The van der Waals surface area contributed by atoms with Gasteiger partial charge in [-0.1, -0.05) is 27.5 Å². The predicted octanol–water partition coefficient (Wildman–Crippen LogP) is 4.69. The quantitative estimate of drug-likeness (QED) is 0.869. The molecule has 1 aromatic heterocycles. The topological polar surface area (TPSA) is 24.9 Å². The summed E-state index contributed by atoms with van der Waals surface area (Å²) in [5.74, 6) is -0.318. The van der Waals surface area contributed by atoms with E-state index in [0.29, 0.717) is 0 Å². The molecule has 0 saturated heterocycles. The van der Waals surface area contributed by atoms with Crippen LogP contribution in [0.3, 0.4) is 0 Å². The number of halogens is 3. The molecular weight excluding hydrogens is 307 g/mol. The minimum Gasteiger partial charge on any atom is -0.338 e. The highest BCUT2D eigenvalue weighted by atomic mass is 79.9. The van der Waals surface area contributed by atoms with Crippen molar-refractivity contribution in [3.63, 3.8) is 0 Å². The highest BCUT2D eigenvalue weighted by Gasteiger charge is 2.05. The van der Waals surface area contributed by atoms with Gasteiger partial charge >= 0.3 is 0 Å². The van der Waals surface area contributed by atoms with Crippen LogP contribution in [0, 0.1) is 12.7 Å². The number of nitrogens with one attached hydrogen (secondary N) is 1. The molecule has 0 amide bonds. The van der Waals surface area contributed by atoms with Gasteiger partial charge in [-0.05, 0) is 36.8 Å². The van der Waals surface area contributed by atoms with Gasteiger partial charge in [0.15, 0.2) is 11.6 Å². The van der Waals surface area contributed by atoms with Crippen LogP contribution in [-0.4, -0.2) is 4.98 Å². The number of pyridine rings is 1. The first kappa shape index (κ1) is 12.3. The van der Waals surface area contributed by atoms with Crippen molar-refractivity contribution in [2.75, 3.05) is 5.32 Å². The summed E-state index contributed by atoms with van der Waals surface area (Å²) in [6.45, 7) is 1.96. The molecular formula is C12H9BrClFN2. The van der Waals surface area contributed by atoms with Gasteiger partial charge < -0.3 is 5.32 Å². The van der Waals surface area contributed by atoms with Crippen molar-refractivity contribution in [3.05, 3.63) is 51.3 Å². The van der Waals surface area contributed by atoms with Gasteiger partial charge in [0.25, 0.3) is 0 Å². The number of rotatable bonds is 2. The summed E-state index contributed by atoms with van der Waals surface area (Å²) in [4.78, 5) is 3.90. The molecule has 0 bridgehead atoms. The Labute approximate surface area is 112 Å². The van der Waals surface area contributed by atoms with Crippen LogP contribution in [0.5, 0.6) is 0 Å². The lowest BCUT2D eigenvalue weighted by Gasteiger charge is -2.08. The van der Waals surface area contributed by atoms with Crippen LogP contribution in [0.4, 0.5) is 15.9 Å². The number of nitrogens with zero attached hydrogens (tertiary/aromatic N) is 1. The Hall–Kier alpha value is -1.13. The van der Waals surface area contributed by atoms with Crippen LogP contribution in [0.2, 0.25) is 5.02 Å². The van der Waals surface area contributed by atoms with Gasteiger partial charge in [0.1, 0.15) is 0 Å². The van der Waals surface area contributed by atoms with E-state index in [1.807, 2.05) is 25.1 Å². The maximum atomic E-state index is 13.5. The Morgan fingerprint density at radius 1 is 1.29 bits per heavy atom. The number of anilines is 2. The fourth-order valence-corrected chi connectivity index (χ4v) is 2.20. The van der Waals surface area contributed by atoms with Gasteiger partial charge in [-0.3, -0.25) is 0 Å². The summed E-state index contributed by atoms with van der Waals surface area (Å²) in [7, 11) is 0. The molecule has 0 spiro atoms. The summed E-state index contributed by atoms with van der Waals surface area (Å²) in [5.41, 5.74) is 1.84. The van der Waals surface area contributed by atoms with E-state index in [0.717, 1.165) is 15.7 Å². The molecule has 2 nitrogen and oxygen atoms in total. The molecule has 0 aliphatic rings. The molecule has 0 unspecified atom stereocenters. The molecule has 5 heteroatoms. The molecule has 0 fully saturated rings. The van der Waals surface area contributed by atoms with E-state index in [4.69, 9.17) is 11.6 Å². The standard InChI is InChI=1S/C12H9BrClFN2/c1-7-2-8(13)4-10(3-7)17-12-11(15)5-9(14)6-16-12/h2-6H,1H3,(H,16,17). The Morgan fingerprint density at radius 2 is 2.06 bits per heavy atom. The van der Waals surface area contributed by atoms with Gasteiger partial charge in [-0.2, -0.15) is 0 Å². The number of aryl methyl sites for hydroxylation is 1. The van der Waals surface area contributed by atoms with E-state index in [1.165, 1.54) is 12.3 Å². The lowest BCUT2D eigenvalue weighted by atomic mass is 10.2. The molecule has 17 heavy (non-hydrogen) atoms. The second-order valence-corrected chi connectivity index (χ2v) is 4.98. The molecule has 2 aromatic rings. The average Bonchev–Trinajstić information content (AvgIpc) is 2.21. The lowest BCUT2D eigenvalue weighted by Crippen LogP contribution is -1.97. The summed E-state index contributed by atoms with van der Waals surface area (Å²) in [6, 6.07) is 6.95. The van der Waals surface area contributed by atoms with Crippen molar-refractivity contribution in [2.24, 2.45) is 0 Å². The monoisotopic (exact) mass is 314 g/mol. The Balaban J connectivity index is 2.31. The number of hydrogen-bond donors (Lipinski definition) is 1. The second kappa shape index (κ2) is 5.02. The zero-order valence-corrected chi connectivity index (χ0v) is 11.3. The van der Waals surface area contributed by atoms with Crippen LogP contribution >= 0.6 is 27.5 Å². The average molecular weight is 316 g/mol. The lowest BCUT2D eigenvalue weighted by molar-refractivity contribution is 0.626. The minimum atomic E-state index is -0.477. The smallest absolute Gasteiger partial charge is 0.167 e. The van der Waals surface area contributed by atoms with Gasteiger partial charge in [0.05, 0.1) is 5.02 Å². The van der Waals surface area contributed by atoms with Crippen molar-refractivity contribution in [2.45, 2.75) is 6.92 Å². The van der Waals surface area contributed by atoms with Gasteiger partial charge in [0, 0.05) is 16.4 Å².